The highest BCUT2D eigenvalue weighted by molar-refractivity contribution is 7.99. The molecule has 1 aromatic rings. The van der Waals surface area contributed by atoms with Crippen LogP contribution in [0.1, 0.15) is 19.8 Å². The molecule has 0 spiro atoms. The highest BCUT2D eigenvalue weighted by atomic mass is 32.2. The van der Waals surface area contributed by atoms with Crippen LogP contribution in [-0.4, -0.2) is 44.3 Å². The summed E-state index contributed by atoms with van der Waals surface area (Å²) >= 11 is 1.84. The zero-order valence-corrected chi connectivity index (χ0v) is 13.3. The maximum absolute atomic E-state index is 5.69. The van der Waals surface area contributed by atoms with Crippen molar-refractivity contribution in [1.29, 1.82) is 0 Å². The Kier molecular flexibility index (Phi) is 5.27. The van der Waals surface area contributed by atoms with Crippen molar-refractivity contribution in [3.8, 4) is 11.5 Å². The van der Waals surface area contributed by atoms with Crippen LogP contribution in [0.5, 0.6) is 11.5 Å². The van der Waals surface area contributed by atoms with Crippen molar-refractivity contribution >= 4 is 11.8 Å². The summed E-state index contributed by atoms with van der Waals surface area (Å²) in [7, 11) is 0. The topological polar surface area (TPSA) is 39.7 Å². The Morgan fingerprint density at radius 2 is 2.10 bits per heavy atom. The minimum atomic E-state index is 0.393. The third-order valence-corrected chi connectivity index (χ3v) is 4.87. The molecule has 1 aromatic carbocycles. The highest BCUT2D eigenvalue weighted by Gasteiger charge is 2.21. The standard InChI is InChI=1S/C16H23NO3S/c1-12(14-3-2-7-18-14)17-6-10-21-13-4-5-15-16(11-13)20-9-8-19-15/h4-5,11-12,14,17H,2-3,6-10H2,1H3. The van der Waals surface area contributed by atoms with Crippen LogP contribution in [0.3, 0.4) is 0 Å². The molecule has 1 saturated heterocycles. The molecular formula is C16H23NO3S. The minimum Gasteiger partial charge on any atom is -0.486 e. The molecule has 1 fully saturated rings. The van der Waals surface area contributed by atoms with Crippen molar-refractivity contribution in [2.24, 2.45) is 0 Å². The molecule has 116 valence electrons. The molecule has 0 aliphatic carbocycles. The number of ether oxygens (including phenoxy) is 3. The minimum absolute atomic E-state index is 0.393. The van der Waals surface area contributed by atoms with Crippen LogP contribution >= 0.6 is 11.8 Å². The normalized spacial score (nSPS) is 22.2. The molecule has 4 nitrogen and oxygen atoms in total. The van der Waals surface area contributed by atoms with Crippen molar-refractivity contribution in [2.45, 2.75) is 36.8 Å². The lowest BCUT2D eigenvalue weighted by atomic mass is 10.1. The Hall–Kier alpha value is -0.910. The van der Waals surface area contributed by atoms with Crippen molar-refractivity contribution in [1.82, 2.24) is 5.32 Å². The molecule has 3 rings (SSSR count). The van der Waals surface area contributed by atoms with Gasteiger partial charge in [-0.25, -0.2) is 0 Å². The molecule has 1 N–H and O–H groups in total. The molecule has 5 heteroatoms. The summed E-state index contributed by atoms with van der Waals surface area (Å²) in [6.07, 6.45) is 2.77. The van der Waals surface area contributed by atoms with E-state index < -0.39 is 0 Å². The SMILES string of the molecule is CC(NCCSc1ccc2c(c1)OCCO2)C1CCCO1. The van der Waals surface area contributed by atoms with Crippen LogP contribution in [0.4, 0.5) is 0 Å². The van der Waals surface area contributed by atoms with Crippen molar-refractivity contribution in [2.75, 3.05) is 32.1 Å². The summed E-state index contributed by atoms with van der Waals surface area (Å²) in [6, 6.07) is 6.61. The maximum Gasteiger partial charge on any atom is 0.162 e. The largest absolute Gasteiger partial charge is 0.486 e. The molecule has 21 heavy (non-hydrogen) atoms. The van der Waals surface area contributed by atoms with Gasteiger partial charge in [-0.2, -0.15) is 0 Å². The van der Waals surface area contributed by atoms with Gasteiger partial charge >= 0.3 is 0 Å². The van der Waals surface area contributed by atoms with E-state index in [9.17, 15) is 0 Å². The zero-order valence-electron chi connectivity index (χ0n) is 12.5. The van der Waals surface area contributed by atoms with Gasteiger partial charge < -0.3 is 19.5 Å². The van der Waals surface area contributed by atoms with Gasteiger partial charge in [0.1, 0.15) is 13.2 Å². The summed E-state index contributed by atoms with van der Waals surface area (Å²) in [5.74, 6) is 2.76. The summed E-state index contributed by atoms with van der Waals surface area (Å²) in [6.45, 7) is 5.40. The first kappa shape index (κ1) is 15.0. The van der Waals surface area contributed by atoms with Crippen molar-refractivity contribution in [3.63, 3.8) is 0 Å². The fourth-order valence-corrected chi connectivity index (χ4v) is 3.51. The van der Waals surface area contributed by atoms with Gasteiger partial charge in [0.05, 0.1) is 6.10 Å². The third kappa shape index (κ3) is 4.05. The number of thioether (sulfide) groups is 1. The molecule has 2 heterocycles. The fraction of sp³-hybridized carbons (Fsp3) is 0.625. The molecule has 0 amide bonds. The number of nitrogens with one attached hydrogen (secondary N) is 1. The van der Waals surface area contributed by atoms with Gasteiger partial charge in [0, 0.05) is 29.8 Å². The van der Waals surface area contributed by atoms with Gasteiger partial charge in [0.15, 0.2) is 11.5 Å². The number of rotatable bonds is 6. The average molecular weight is 309 g/mol. The highest BCUT2D eigenvalue weighted by Crippen LogP contribution is 2.34. The fourth-order valence-electron chi connectivity index (χ4n) is 2.70. The summed E-state index contributed by atoms with van der Waals surface area (Å²) < 4.78 is 16.8. The van der Waals surface area contributed by atoms with Gasteiger partial charge in [-0.15, -0.1) is 11.8 Å². The summed E-state index contributed by atoms with van der Waals surface area (Å²) in [5.41, 5.74) is 0. The molecule has 0 bridgehead atoms. The van der Waals surface area contributed by atoms with E-state index in [0.29, 0.717) is 25.4 Å². The van der Waals surface area contributed by atoms with E-state index in [1.165, 1.54) is 17.7 Å². The van der Waals surface area contributed by atoms with Gasteiger partial charge in [0.25, 0.3) is 0 Å². The molecule has 2 aliphatic heterocycles. The third-order valence-electron chi connectivity index (χ3n) is 3.87. The molecule has 0 saturated carbocycles. The van der Waals surface area contributed by atoms with Gasteiger partial charge in [-0.05, 0) is 38.0 Å². The smallest absolute Gasteiger partial charge is 0.162 e. The van der Waals surface area contributed by atoms with E-state index in [1.54, 1.807) is 0 Å². The monoisotopic (exact) mass is 309 g/mol. The van der Waals surface area contributed by atoms with Crippen LogP contribution in [0.25, 0.3) is 0 Å². The lowest BCUT2D eigenvalue weighted by Gasteiger charge is -2.20. The zero-order chi connectivity index (χ0) is 14.5. The Morgan fingerprint density at radius 1 is 1.24 bits per heavy atom. The van der Waals surface area contributed by atoms with Crippen LogP contribution < -0.4 is 14.8 Å². The molecule has 2 unspecified atom stereocenters. The van der Waals surface area contributed by atoms with Gasteiger partial charge in [-0.1, -0.05) is 0 Å². The number of benzene rings is 1. The second-order valence-electron chi connectivity index (χ2n) is 5.45. The van der Waals surface area contributed by atoms with E-state index in [1.807, 2.05) is 17.8 Å². The number of fused-ring (bicyclic) bond motifs is 1. The van der Waals surface area contributed by atoms with E-state index in [4.69, 9.17) is 14.2 Å². The Labute approximate surface area is 130 Å². The summed E-state index contributed by atoms with van der Waals surface area (Å²) in [5, 5.41) is 3.56. The Bertz CT molecular complexity index is 463. The van der Waals surface area contributed by atoms with E-state index >= 15 is 0 Å². The molecular weight excluding hydrogens is 286 g/mol. The average Bonchev–Trinajstić information content (AvgIpc) is 3.06. The first-order chi connectivity index (χ1) is 10.3. The molecule has 0 aromatic heterocycles. The first-order valence-corrected chi connectivity index (χ1v) is 8.69. The lowest BCUT2D eigenvalue weighted by molar-refractivity contribution is 0.0844. The van der Waals surface area contributed by atoms with Gasteiger partial charge in [0.2, 0.25) is 0 Å². The number of hydrogen-bond acceptors (Lipinski definition) is 5. The maximum atomic E-state index is 5.69. The predicted octanol–water partition coefficient (Wildman–Crippen LogP) is 2.71. The quantitative estimate of drug-likeness (QED) is 0.646. The molecule has 2 aliphatic rings. The predicted molar refractivity (Wildman–Crippen MR) is 84.6 cm³/mol. The van der Waals surface area contributed by atoms with Crippen molar-refractivity contribution < 1.29 is 14.2 Å². The Balaban J connectivity index is 1.41. The molecule has 0 radical (unpaired) electrons. The second-order valence-corrected chi connectivity index (χ2v) is 6.62. The van der Waals surface area contributed by atoms with Gasteiger partial charge in [-0.3, -0.25) is 0 Å². The van der Waals surface area contributed by atoms with E-state index in [2.05, 4.69) is 24.4 Å². The lowest BCUT2D eigenvalue weighted by Crippen LogP contribution is -2.38. The van der Waals surface area contributed by atoms with Crippen LogP contribution in [-0.2, 0) is 4.74 Å². The summed E-state index contributed by atoms with van der Waals surface area (Å²) in [4.78, 5) is 1.23. The van der Waals surface area contributed by atoms with Crippen LogP contribution in [0.15, 0.2) is 23.1 Å². The molecule has 2 atom stereocenters. The number of hydrogen-bond donors (Lipinski definition) is 1. The second kappa shape index (κ2) is 7.38. The first-order valence-electron chi connectivity index (χ1n) is 7.70. The van der Waals surface area contributed by atoms with Crippen LogP contribution in [0, 0.1) is 0 Å². The van der Waals surface area contributed by atoms with Crippen molar-refractivity contribution in [3.05, 3.63) is 18.2 Å². The Morgan fingerprint density at radius 3 is 2.90 bits per heavy atom. The van der Waals surface area contributed by atoms with E-state index in [-0.39, 0.29) is 0 Å². The van der Waals surface area contributed by atoms with E-state index in [0.717, 1.165) is 30.4 Å². The van der Waals surface area contributed by atoms with Crippen LogP contribution in [0.2, 0.25) is 0 Å².